The van der Waals surface area contributed by atoms with Gasteiger partial charge in [-0.1, -0.05) is 17.8 Å². The fourth-order valence-electron chi connectivity index (χ4n) is 2.54. The Hall–Kier alpha value is -2.33. The minimum Gasteiger partial charge on any atom is -0.265 e. The number of thioether (sulfide) groups is 1. The highest BCUT2D eigenvalue weighted by atomic mass is 32.2. The molecule has 1 aliphatic heterocycles. The van der Waals surface area contributed by atoms with Crippen LogP contribution in [0.1, 0.15) is 18.9 Å². The summed E-state index contributed by atoms with van der Waals surface area (Å²) in [5.41, 5.74) is -0.450. The molecule has 1 aromatic heterocycles. The molecule has 0 spiro atoms. The summed E-state index contributed by atoms with van der Waals surface area (Å²) in [5, 5.41) is 9.85. The van der Waals surface area contributed by atoms with Crippen molar-refractivity contribution in [3.8, 4) is 6.07 Å². The molecule has 1 aliphatic carbocycles. The molecule has 3 nitrogen and oxygen atoms in total. The zero-order valence-electron chi connectivity index (χ0n) is 12.6. The minimum atomic E-state index is -4.36. The maximum Gasteiger partial charge on any atom is 0.412 e. The summed E-state index contributed by atoms with van der Waals surface area (Å²) in [4.78, 5) is 9.07. The molecule has 1 unspecified atom stereocenters. The third-order valence-corrected chi connectivity index (χ3v) is 5.09. The monoisotopic (exact) mass is 347 g/mol. The summed E-state index contributed by atoms with van der Waals surface area (Å²) in [5.74, 6) is 0. The molecule has 0 N–H and O–H groups in total. The first-order valence-corrected chi connectivity index (χ1v) is 7.92. The number of halogens is 3. The third-order valence-electron chi connectivity index (χ3n) is 3.79. The van der Waals surface area contributed by atoms with Crippen molar-refractivity contribution in [3.05, 3.63) is 58.3 Å². The summed E-state index contributed by atoms with van der Waals surface area (Å²) < 4.78 is 38.9. The molecule has 0 bridgehead atoms. The van der Waals surface area contributed by atoms with Gasteiger partial charge in [0.2, 0.25) is 0 Å². The molecular formula is C17H12F3N3S. The topological polar surface area (TPSA) is 49.0 Å². The summed E-state index contributed by atoms with van der Waals surface area (Å²) in [6.45, 7) is 1.67. The van der Waals surface area contributed by atoms with E-state index in [1.807, 2.05) is 0 Å². The van der Waals surface area contributed by atoms with E-state index in [0.29, 0.717) is 10.6 Å². The highest BCUT2D eigenvalue weighted by Crippen LogP contribution is 2.49. The zero-order valence-corrected chi connectivity index (χ0v) is 13.4. The molecule has 7 heteroatoms. The van der Waals surface area contributed by atoms with Crippen molar-refractivity contribution in [2.75, 3.05) is 0 Å². The first-order chi connectivity index (χ1) is 11.3. The largest absolute Gasteiger partial charge is 0.412 e. The van der Waals surface area contributed by atoms with E-state index in [-0.39, 0.29) is 6.42 Å². The Balaban J connectivity index is 1.93. The quantitative estimate of drug-likeness (QED) is 0.731. The summed E-state index contributed by atoms with van der Waals surface area (Å²) >= 11 is 1.25. The highest BCUT2D eigenvalue weighted by molar-refractivity contribution is 8.18. The number of nitriles is 1. The van der Waals surface area contributed by atoms with Crippen LogP contribution in [0.2, 0.25) is 0 Å². The number of aromatic nitrogens is 1. The average Bonchev–Trinajstić information content (AvgIpc) is 2.89. The van der Waals surface area contributed by atoms with Crippen LogP contribution in [0, 0.1) is 11.3 Å². The minimum absolute atomic E-state index is 0.215. The Morgan fingerprint density at radius 1 is 1.33 bits per heavy atom. The third kappa shape index (κ3) is 3.15. The number of allylic oxidation sites excluding steroid dienone is 2. The highest BCUT2D eigenvalue weighted by Gasteiger charge is 2.45. The molecular weight excluding hydrogens is 335 g/mol. The fraction of sp³-hybridized carbons (Fsp3) is 0.235. The number of alkyl halides is 3. The van der Waals surface area contributed by atoms with Crippen molar-refractivity contribution in [2.45, 2.75) is 25.1 Å². The predicted octanol–water partition coefficient (Wildman–Crippen LogP) is 4.67. The molecule has 0 amide bonds. The van der Waals surface area contributed by atoms with Crippen LogP contribution >= 0.6 is 11.8 Å². The van der Waals surface area contributed by atoms with Crippen molar-refractivity contribution < 1.29 is 13.2 Å². The van der Waals surface area contributed by atoms with Crippen LogP contribution in [0.4, 0.5) is 13.2 Å². The number of aliphatic imine (C=N–C) groups is 1. The number of pyridine rings is 1. The molecule has 24 heavy (non-hydrogen) atoms. The van der Waals surface area contributed by atoms with Gasteiger partial charge in [-0.25, -0.2) is 0 Å². The van der Waals surface area contributed by atoms with Gasteiger partial charge in [-0.05, 0) is 36.8 Å². The van der Waals surface area contributed by atoms with E-state index in [4.69, 9.17) is 0 Å². The van der Waals surface area contributed by atoms with Gasteiger partial charge in [0.05, 0.1) is 11.1 Å². The van der Waals surface area contributed by atoms with E-state index in [2.05, 4.69) is 16.0 Å². The Morgan fingerprint density at radius 3 is 2.67 bits per heavy atom. The number of nitrogens with zero attached hydrogens (tertiary/aromatic N) is 3. The second kappa shape index (κ2) is 5.95. The number of rotatable bonds is 2. The molecule has 0 fully saturated rings. The van der Waals surface area contributed by atoms with Gasteiger partial charge < -0.3 is 0 Å². The van der Waals surface area contributed by atoms with Gasteiger partial charge in [0.25, 0.3) is 0 Å². The first-order valence-electron chi connectivity index (χ1n) is 7.10. The Morgan fingerprint density at radius 2 is 2.04 bits per heavy atom. The van der Waals surface area contributed by atoms with E-state index >= 15 is 0 Å². The molecule has 2 aliphatic rings. The molecule has 0 saturated carbocycles. The molecule has 3 rings (SSSR count). The number of fused-ring (bicyclic) bond motifs is 1. The van der Waals surface area contributed by atoms with Crippen LogP contribution in [0.5, 0.6) is 0 Å². The lowest BCUT2D eigenvalue weighted by Crippen LogP contribution is -2.28. The van der Waals surface area contributed by atoms with Gasteiger partial charge in [0, 0.05) is 29.3 Å². The van der Waals surface area contributed by atoms with Crippen molar-refractivity contribution in [2.24, 2.45) is 4.99 Å². The van der Waals surface area contributed by atoms with Crippen molar-refractivity contribution >= 4 is 22.9 Å². The van der Waals surface area contributed by atoms with Crippen LogP contribution in [0.15, 0.2) is 57.7 Å². The second-order valence-electron chi connectivity index (χ2n) is 5.64. The fourth-order valence-corrected chi connectivity index (χ4v) is 3.68. The molecule has 122 valence electrons. The Bertz CT molecular complexity index is 829. The Kier molecular flexibility index (Phi) is 4.10. The summed E-state index contributed by atoms with van der Waals surface area (Å²) in [7, 11) is 0. The first kappa shape index (κ1) is 16.5. The van der Waals surface area contributed by atoms with Crippen LogP contribution < -0.4 is 0 Å². The van der Waals surface area contributed by atoms with Gasteiger partial charge in [-0.3, -0.25) is 9.98 Å². The van der Waals surface area contributed by atoms with Crippen LogP contribution in [0.3, 0.4) is 0 Å². The van der Waals surface area contributed by atoms with Gasteiger partial charge >= 0.3 is 6.18 Å². The number of hydrogen-bond donors (Lipinski definition) is 0. The van der Waals surface area contributed by atoms with Crippen LogP contribution in [-0.4, -0.2) is 21.7 Å². The molecule has 1 atom stereocenters. The lowest BCUT2D eigenvalue weighted by Gasteiger charge is -2.27. The molecule has 0 aromatic carbocycles. The normalized spacial score (nSPS) is 23.8. The SMILES string of the molecule is CC12CC(C(F)(F)F)=CC=C1SC(/C(C#N)=C/c1ccncc1)=N2. The molecule has 1 aromatic rings. The standard InChI is InChI=1S/C17H12F3N3S/c1-16-9-13(17(18,19)20)2-3-14(16)24-15(23-16)12(10-21)8-11-4-6-22-7-5-11/h2-8H,9H2,1H3/b12-8+. The van der Waals surface area contributed by atoms with E-state index in [1.54, 1.807) is 37.5 Å². The van der Waals surface area contributed by atoms with E-state index in [1.165, 1.54) is 17.8 Å². The second-order valence-corrected chi connectivity index (χ2v) is 6.67. The lowest BCUT2D eigenvalue weighted by atomic mass is 9.88. The van der Waals surface area contributed by atoms with Crippen LogP contribution in [-0.2, 0) is 0 Å². The van der Waals surface area contributed by atoms with E-state index in [9.17, 15) is 18.4 Å². The zero-order chi connectivity index (χ0) is 17.4. The van der Waals surface area contributed by atoms with Crippen molar-refractivity contribution in [1.29, 1.82) is 5.26 Å². The molecule has 2 heterocycles. The summed E-state index contributed by atoms with van der Waals surface area (Å²) in [6, 6.07) is 5.57. The maximum atomic E-state index is 13.0. The smallest absolute Gasteiger partial charge is 0.265 e. The maximum absolute atomic E-state index is 13.0. The lowest BCUT2D eigenvalue weighted by molar-refractivity contribution is -0.0953. The van der Waals surface area contributed by atoms with Gasteiger partial charge in [-0.15, -0.1) is 0 Å². The summed E-state index contributed by atoms with van der Waals surface area (Å²) in [6.07, 6.45) is 2.84. The van der Waals surface area contributed by atoms with Crippen molar-refractivity contribution in [1.82, 2.24) is 4.98 Å². The average molecular weight is 347 g/mol. The molecule has 0 saturated heterocycles. The van der Waals surface area contributed by atoms with Gasteiger partial charge in [0.1, 0.15) is 11.1 Å². The van der Waals surface area contributed by atoms with Crippen molar-refractivity contribution in [3.63, 3.8) is 0 Å². The Labute approximate surface area is 141 Å². The van der Waals surface area contributed by atoms with E-state index < -0.39 is 17.3 Å². The number of hydrogen-bond acceptors (Lipinski definition) is 4. The van der Waals surface area contributed by atoms with Crippen LogP contribution in [0.25, 0.3) is 6.08 Å². The predicted molar refractivity (Wildman–Crippen MR) is 88.1 cm³/mol. The molecule has 0 radical (unpaired) electrons. The van der Waals surface area contributed by atoms with Gasteiger partial charge in [0.15, 0.2) is 0 Å². The van der Waals surface area contributed by atoms with E-state index in [0.717, 1.165) is 16.5 Å². The van der Waals surface area contributed by atoms with Gasteiger partial charge in [-0.2, -0.15) is 18.4 Å².